The highest BCUT2D eigenvalue weighted by Crippen LogP contribution is 2.40. The van der Waals surface area contributed by atoms with Gasteiger partial charge < -0.3 is 10.2 Å². The lowest BCUT2D eigenvalue weighted by Crippen LogP contribution is -2.11. The van der Waals surface area contributed by atoms with Gasteiger partial charge in [-0.05, 0) is 73.1 Å². The molecule has 26 heavy (non-hydrogen) atoms. The van der Waals surface area contributed by atoms with Crippen LogP contribution in [-0.4, -0.2) is 10.2 Å². The SMILES string of the molecule is CC(C)C.Cc1cc(Sc2cc(C(C)(C)C)c(O)cc2C)c(C)cc1O. The van der Waals surface area contributed by atoms with Crippen molar-refractivity contribution in [1.82, 2.24) is 0 Å². The van der Waals surface area contributed by atoms with E-state index >= 15 is 0 Å². The van der Waals surface area contributed by atoms with E-state index in [1.165, 1.54) is 0 Å². The van der Waals surface area contributed by atoms with Crippen molar-refractivity contribution in [3.05, 3.63) is 46.5 Å². The Labute approximate surface area is 163 Å². The van der Waals surface area contributed by atoms with Crippen LogP contribution in [0.5, 0.6) is 11.5 Å². The lowest BCUT2D eigenvalue weighted by Gasteiger charge is -2.22. The van der Waals surface area contributed by atoms with E-state index in [1.54, 1.807) is 17.8 Å². The average molecular weight is 375 g/mol. The molecular formula is C23H34O2S. The van der Waals surface area contributed by atoms with E-state index in [9.17, 15) is 10.2 Å². The lowest BCUT2D eigenvalue weighted by molar-refractivity contribution is 0.445. The number of phenolic OH excluding ortho intramolecular Hbond substituents is 2. The summed E-state index contributed by atoms with van der Waals surface area (Å²) in [4.78, 5) is 2.26. The minimum atomic E-state index is -0.104. The van der Waals surface area contributed by atoms with E-state index < -0.39 is 0 Å². The van der Waals surface area contributed by atoms with Gasteiger partial charge in [-0.1, -0.05) is 53.3 Å². The first-order valence-electron chi connectivity index (χ1n) is 9.15. The lowest BCUT2D eigenvalue weighted by atomic mass is 9.86. The second kappa shape index (κ2) is 8.85. The summed E-state index contributed by atoms with van der Waals surface area (Å²) in [7, 11) is 0. The van der Waals surface area contributed by atoms with E-state index in [0.717, 1.165) is 38.0 Å². The zero-order valence-corrected chi connectivity index (χ0v) is 18.5. The Hall–Kier alpha value is -1.61. The molecule has 0 bridgehead atoms. The van der Waals surface area contributed by atoms with Crippen molar-refractivity contribution in [2.75, 3.05) is 0 Å². The zero-order chi connectivity index (χ0) is 20.2. The first kappa shape index (κ1) is 22.4. The molecule has 0 aliphatic carbocycles. The molecule has 0 atom stereocenters. The summed E-state index contributed by atoms with van der Waals surface area (Å²) < 4.78 is 0. The summed E-state index contributed by atoms with van der Waals surface area (Å²) in [6, 6.07) is 7.74. The van der Waals surface area contributed by atoms with E-state index in [-0.39, 0.29) is 5.41 Å². The Morgan fingerprint density at radius 3 is 1.62 bits per heavy atom. The van der Waals surface area contributed by atoms with Gasteiger partial charge in [-0.15, -0.1) is 0 Å². The summed E-state index contributed by atoms with van der Waals surface area (Å²) >= 11 is 1.68. The maximum absolute atomic E-state index is 10.2. The number of aryl methyl sites for hydroxylation is 3. The van der Waals surface area contributed by atoms with Crippen LogP contribution in [0, 0.1) is 26.7 Å². The molecule has 2 aromatic rings. The first-order valence-corrected chi connectivity index (χ1v) is 9.96. The Bertz CT molecular complexity index is 753. The highest BCUT2D eigenvalue weighted by Gasteiger charge is 2.20. The number of rotatable bonds is 2. The van der Waals surface area contributed by atoms with Gasteiger partial charge in [-0.3, -0.25) is 0 Å². The Kier molecular flexibility index (Phi) is 7.64. The van der Waals surface area contributed by atoms with Gasteiger partial charge in [-0.25, -0.2) is 0 Å². The second-order valence-electron chi connectivity index (χ2n) is 8.62. The molecule has 3 heteroatoms. The molecule has 2 N–H and O–H groups in total. The molecule has 144 valence electrons. The monoisotopic (exact) mass is 374 g/mol. The summed E-state index contributed by atoms with van der Waals surface area (Å²) in [5, 5.41) is 20.0. The fourth-order valence-electron chi connectivity index (χ4n) is 2.39. The summed E-state index contributed by atoms with van der Waals surface area (Å²) in [6.07, 6.45) is 0. The first-order chi connectivity index (χ1) is 11.8. The topological polar surface area (TPSA) is 40.5 Å². The standard InChI is InChI=1S/C19H24O2S.C4H10/c1-11-9-17(12(2)7-15(11)20)22-18-10-14(19(4,5)6)16(21)8-13(18)3;1-4(2)3/h7-10,20-21H,1-6H3;4H,1-3H3. The van der Waals surface area contributed by atoms with E-state index in [0.29, 0.717) is 11.5 Å². The molecule has 2 aromatic carbocycles. The molecule has 0 saturated heterocycles. The average Bonchev–Trinajstić information content (AvgIpc) is 2.45. The van der Waals surface area contributed by atoms with E-state index in [2.05, 4.69) is 47.6 Å². The summed E-state index contributed by atoms with van der Waals surface area (Å²) in [5.41, 5.74) is 3.83. The minimum Gasteiger partial charge on any atom is -0.508 e. The van der Waals surface area contributed by atoms with Gasteiger partial charge in [0.1, 0.15) is 11.5 Å². The van der Waals surface area contributed by atoms with Crippen molar-refractivity contribution >= 4 is 11.8 Å². The largest absolute Gasteiger partial charge is 0.508 e. The van der Waals surface area contributed by atoms with Crippen molar-refractivity contribution in [3.8, 4) is 11.5 Å². The third-order valence-electron chi connectivity index (χ3n) is 3.81. The normalized spacial score (nSPS) is 11.3. The third kappa shape index (κ3) is 6.28. The van der Waals surface area contributed by atoms with Crippen LogP contribution in [0.4, 0.5) is 0 Å². The Morgan fingerprint density at radius 2 is 1.15 bits per heavy atom. The fourth-order valence-corrected chi connectivity index (χ4v) is 3.48. The summed E-state index contributed by atoms with van der Waals surface area (Å²) in [5.74, 6) is 1.52. The molecule has 0 aliphatic heterocycles. The zero-order valence-electron chi connectivity index (χ0n) is 17.7. The Morgan fingerprint density at radius 1 is 0.731 bits per heavy atom. The predicted octanol–water partition coefficient (Wildman–Crippen LogP) is 7.13. The van der Waals surface area contributed by atoms with E-state index in [4.69, 9.17) is 0 Å². The molecule has 0 aliphatic rings. The Balaban J connectivity index is 0.000000765. The van der Waals surface area contributed by atoms with Gasteiger partial charge in [-0.2, -0.15) is 0 Å². The molecule has 0 fully saturated rings. The maximum Gasteiger partial charge on any atom is 0.119 e. The third-order valence-corrected chi connectivity index (χ3v) is 5.13. The van der Waals surface area contributed by atoms with Crippen LogP contribution >= 0.6 is 11.8 Å². The number of benzene rings is 2. The minimum absolute atomic E-state index is 0.104. The molecule has 0 heterocycles. The smallest absolute Gasteiger partial charge is 0.119 e. The van der Waals surface area contributed by atoms with Crippen LogP contribution in [-0.2, 0) is 5.41 Å². The van der Waals surface area contributed by atoms with E-state index in [1.807, 2.05) is 32.9 Å². The van der Waals surface area contributed by atoms with Crippen LogP contribution in [0.15, 0.2) is 34.1 Å². The fraction of sp³-hybridized carbons (Fsp3) is 0.478. The number of aromatic hydroxyl groups is 2. The van der Waals surface area contributed by atoms with Crippen LogP contribution < -0.4 is 0 Å². The highest BCUT2D eigenvalue weighted by molar-refractivity contribution is 7.99. The van der Waals surface area contributed by atoms with Crippen molar-refractivity contribution in [2.45, 2.75) is 77.5 Å². The van der Waals surface area contributed by atoms with Gasteiger partial charge in [0.05, 0.1) is 0 Å². The molecule has 2 nitrogen and oxygen atoms in total. The van der Waals surface area contributed by atoms with Crippen molar-refractivity contribution < 1.29 is 10.2 Å². The predicted molar refractivity (Wildman–Crippen MR) is 114 cm³/mol. The van der Waals surface area contributed by atoms with Crippen molar-refractivity contribution in [3.63, 3.8) is 0 Å². The molecule has 0 radical (unpaired) electrons. The van der Waals surface area contributed by atoms with Gasteiger partial charge >= 0.3 is 0 Å². The van der Waals surface area contributed by atoms with Gasteiger partial charge in [0.25, 0.3) is 0 Å². The van der Waals surface area contributed by atoms with Gasteiger partial charge in [0, 0.05) is 15.4 Å². The van der Waals surface area contributed by atoms with Gasteiger partial charge in [0.15, 0.2) is 0 Å². The molecule has 0 unspecified atom stereocenters. The maximum atomic E-state index is 10.2. The van der Waals surface area contributed by atoms with Crippen LogP contribution in [0.2, 0.25) is 0 Å². The summed E-state index contributed by atoms with van der Waals surface area (Å²) in [6.45, 7) is 18.7. The molecule has 0 saturated carbocycles. The number of hydrogen-bond donors (Lipinski definition) is 2. The number of phenols is 2. The number of hydrogen-bond acceptors (Lipinski definition) is 3. The molecule has 0 aromatic heterocycles. The molecule has 0 spiro atoms. The molecular weight excluding hydrogens is 340 g/mol. The van der Waals surface area contributed by atoms with Crippen LogP contribution in [0.25, 0.3) is 0 Å². The second-order valence-corrected chi connectivity index (χ2v) is 9.71. The van der Waals surface area contributed by atoms with Crippen LogP contribution in [0.3, 0.4) is 0 Å². The van der Waals surface area contributed by atoms with Crippen molar-refractivity contribution in [1.29, 1.82) is 0 Å². The van der Waals surface area contributed by atoms with Crippen LogP contribution in [0.1, 0.15) is 63.8 Å². The quantitative estimate of drug-likeness (QED) is 0.587. The van der Waals surface area contributed by atoms with Gasteiger partial charge in [0.2, 0.25) is 0 Å². The highest BCUT2D eigenvalue weighted by atomic mass is 32.2. The van der Waals surface area contributed by atoms with Crippen molar-refractivity contribution in [2.24, 2.45) is 5.92 Å². The molecule has 0 amide bonds. The molecule has 2 rings (SSSR count).